The van der Waals surface area contributed by atoms with E-state index >= 15 is 0 Å². The molecule has 122 valence electrons. The summed E-state index contributed by atoms with van der Waals surface area (Å²) < 4.78 is 24.8. The minimum Gasteiger partial charge on any atom is -0.324 e. The smallest absolute Gasteiger partial charge is 0.247 e. The molecule has 0 saturated heterocycles. The summed E-state index contributed by atoms with van der Waals surface area (Å²) in [7, 11) is -2.16. The Labute approximate surface area is 140 Å². The van der Waals surface area contributed by atoms with Gasteiger partial charge in [-0.15, -0.1) is 0 Å². The summed E-state index contributed by atoms with van der Waals surface area (Å²) in [6, 6.07) is 14.4. The Hall–Kier alpha value is -1.89. The van der Waals surface area contributed by atoms with Gasteiger partial charge in [0.05, 0.1) is 6.26 Å². The number of nitrogens with zero attached hydrogens (tertiary/aromatic N) is 1. The maximum Gasteiger partial charge on any atom is 0.247 e. The van der Waals surface area contributed by atoms with E-state index in [1.165, 1.54) is 7.05 Å². The molecule has 7 heteroatoms. The summed E-state index contributed by atoms with van der Waals surface area (Å²) in [6.07, 6.45) is 1.07. The highest BCUT2D eigenvalue weighted by molar-refractivity contribution is 7.88. The van der Waals surface area contributed by atoms with E-state index in [1.54, 1.807) is 54.6 Å². The second-order valence-corrected chi connectivity index (χ2v) is 7.57. The lowest BCUT2D eigenvalue weighted by molar-refractivity contribution is -0.119. The van der Waals surface area contributed by atoms with Crippen LogP contribution in [0.25, 0.3) is 0 Å². The lowest BCUT2D eigenvalue weighted by Crippen LogP contribution is -2.38. The topological polar surface area (TPSA) is 66.5 Å². The Bertz CT molecular complexity index is 777. The number of nitrogens with one attached hydrogen (secondary N) is 1. The van der Waals surface area contributed by atoms with Gasteiger partial charge in [0.2, 0.25) is 15.9 Å². The second-order valence-electron chi connectivity index (χ2n) is 5.09. The van der Waals surface area contributed by atoms with Crippen molar-refractivity contribution in [1.82, 2.24) is 4.31 Å². The summed E-state index contributed by atoms with van der Waals surface area (Å²) in [4.78, 5) is 12.6. The molecule has 2 rings (SSSR count). The first-order valence-electron chi connectivity index (χ1n) is 6.83. The number of amides is 1. The number of benzene rings is 2. The van der Waals surface area contributed by atoms with Crippen molar-refractivity contribution in [2.75, 3.05) is 18.6 Å². The van der Waals surface area contributed by atoms with Gasteiger partial charge in [-0.1, -0.05) is 41.9 Å². The highest BCUT2D eigenvalue weighted by Gasteiger charge is 2.30. The lowest BCUT2D eigenvalue weighted by atomic mass is 10.1. The summed E-state index contributed by atoms with van der Waals surface area (Å²) >= 11 is 5.82. The normalized spacial score (nSPS) is 12.9. The third-order valence-electron chi connectivity index (χ3n) is 3.36. The highest BCUT2D eigenvalue weighted by atomic mass is 35.5. The van der Waals surface area contributed by atoms with Crippen LogP contribution in [0.1, 0.15) is 11.6 Å². The van der Waals surface area contributed by atoms with E-state index in [4.69, 9.17) is 11.6 Å². The van der Waals surface area contributed by atoms with Crippen molar-refractivity contribution in [3.8, 4) is 0 Å². The molecule has 2 aromatic carbocycles. The molecule has 0 saturated carbocycles. The van der Waals surface area contributed by atoms with Gasteiger partial charge in [0.25, 0.3) is 0 Å². The zero-order chi connectivity index (χ0) is 17.0. The van der Waals surface area contributed by atoms with Crippen LogP contribution in [0, 0.1) is 0 Å². The van der Waals surface area contributed by atoms with Crippen molar-refractivity contribution < 1.29 is 13.2 Å². The van der Waals surface area contributed by atoms with Crippen LogP contribution in [0.4, 0.5) is 5.69 Å². The van der Waals surface area contributed by atoms with E-state index in [0.717, 1.165) is 10.6 Å². The SMILES string of the molecule is CN([C@H](C(=O)Nc1ccc(Cl)cc1)c1ccccc1)S(C)(=O)=O. The van der Waals surface area contributed by atoms with Gasteiger partial charge in [0, 0.05) is 17.8 Å². The van der Waals surface area contributed by atoms with Crippen LogP contribution < -0.4 is 5.32 Å². The van der Waals surface area contributed by atoms with E-state index in [-0.39, 0.29) is 0 Å². The quantitative estimate of drug-likeness (QED) is 0.899. The van der Waals surface area contributed by atoms with Gasteiger partial charge >= 0.3 is 0 Å². The highest BCUT2D eigenvalue weighted by Crippen LogP contribution is 2.24. The Morgan fingerprint density at radius 1 is 1.09 bits per heavy atom. The van der Waals surface area contributed by atoms with E-state index in [2.05, 4.69) is 5.32 Å². The van der Waals surface area contributed by atoms with Crippen molar-refractivity contribution in [2.45, 2.75) is 6.04 Å². The molecule has 0 unspecified atom stereocenters. The fraction of sp³-hybridized carbons (Fsp3) is 0.188. The number of carbonyl (C=O) groups is 1. The number of hydrogen-bond donors (Lipinski definition) is 1. The summed E-state index contributed by atoms with van der Waals surface area (Å²) in [6.45, 7) is 0. The number of hydrogen-bond acceptors (Lipinski definition) is 3. The molecule has 0 aliphatic carbocycles. The van der Waals surface area contributed by atoms with Gasteiger partial charge in [0.1, 0.15) is 6.04 Å². The first kappa shape index (κ1) is 17.5. The average Bonchev–Trinajstić information content (AvgIpc) is 2.50. The fourth-order valence-electron chi connectivity index (χ4n) is 2.10. The maximum atomic E-state index is 12.6. The third kappa shape index (κ3) is 4.54. The molecule has 0 bridgehead atoms. The Kier molecular flexibility index (Phi) is 5.41. The summed E-state index contributed by atoms with van der Waals surface area (Å²) in [5.74, 6) is -0.438. The molecule has 0 radical (unpaired) electrons. The fourth-order valence-corrected chi connectivity index (χ4v) is 2.82. The predicted molar refractivity (Wildman–Crippen MR) is 91.9 cm³/mol. The second kappa shape index (κ2) is 7.12. The standard InChI is InChI=1S/C16H17ClN2O3S/c1-19(23(2,21)22)15(12-6-4-3-5-7-12)16(20)18-14-10-8-13(17)9-11-14/h3-11,15H,1-2H3,(H,18,20)/t15-/m0/s1. The van der Waals surface area contributed by atoms with Crippen LogP contribution in [-0.2, 0) is 14.8 Å². The lowest BCUT2D eigenvalue weighted by Gasteiger charge is -2.25. The van der Waals surface area contributed by atoms with E-state index in [9.17, 15) is 13.2 Å². The van der Waals surface area contributed by atoms with Crippen molar-refractivity contribution >= 4 is 33.2 Å². The molecule has 23 heavy (non-hydrogen) atoms. The molecule has 0 aromatic heterocycles. The number of likely N-dealkylation sites (N-methyl/N-ethyl adjacent to an activating group) is 1. The van der Waals surface area contributed by atoms with Crippen LogP contribution >= 0.6 is 11.6 Å². The van der Waals surface area contributed by atoms with Crippen LogP contribution in [-0.4, -0.2) is 31.9 Å². The van der Waals surface area contributed by atoms with E-state index in [0.29, 0.717) is 16.3 Å². The molecule has 5 nitrogen and oxygen atoms in total. The number of rotatable bonds is 5. The van der Waals surface area contributed by atoms with E-state index < -0.39 is 22.0 Å². The van der Waals surface area contributed by atoms with Crippen LogP contribution in [0.2, 0.25) is 5.02 Å². The van der Waals surface area contributed by atoms with Crippen molar-refractivity contribution in [3.05, 3.63) is 65.2 Å². The minimum atomic E-state index is -3.54. The minimum absolute atomic E-state index is 0.438. The largest absolute Gasteiger partial charge is 0.324 e. The van der Waals surface area contributed by atoms with Gasteiger partial charge < -0.3 is 5.32 Å². The molecule has 1 N–H and O–H groups in total. The van der Waals surface area contributed by atoms with Gasteiger partial charge in [-0.05, 0) is 29.8 Å². The Morgan fingerprint density at radius 3 is 2.17 bits per heavy atom. The zero-order valence-electron chi connectivity index (χ0n) is 12.7. The average molecular weight is 353 g/mol. The van der Waals surface area contributed by atoms with E-state index in [1.807, 2.05) is 0 Å². The molecule has 0 heterocycles. The first-order chi connectivity index (χ1) is 10.8. The number of anilines is 1. The zero-order valence-corrected chi connectivity index (χ0v) is 14.3. The molecular formula is C16H17ClN2O3S. The molecule has 1 atom stereocenters. The van der Waals surface area contributed by atoms with Gasteiger partial charge in [0.15, 0.2) is 0 Å². The van der Waals surface area contributed by atoms with Crippen LogP contribution in [0.15, 0.2) is 54.6 Å². The number of halogens is 1. The molecule has 0 aliphatic rings. The summed E-state index contributed by atoms with van der Waals surface area (Å²) in [5.41, 5.74) is 1.13. The predicted octanol–water partition coefficient (Wildman–Crippen LogP) is 2.91. The van der Waals surface area contributed by atoms with Crippen LogP contribution in [0.5, 0.6) is 0 Å². The van der Waals surface area contributed by atoms with Crippen molar-refractivity contribution in [3.63, 3.8) is 0 Å². The molecule has 0 fully saturated rings. The molecule has 2 aromatic rings. The molecule has 0 spiro atoms. The monoisotopic (exact) mass is 352 g/mol. The number of sulfonamides is 1. The molecule has 1 amide bonds. The maximum absolute atomic E-state index is 12.6. The molecular weight excluding hydrogens is 336 g/mol. The Balaban J connectivity index is 2.33. The first-order valence-corrected chi connectivity index (χ1v) is 9.06. The molecule has 0 aliphatic heterocycles. The number of carbonyl (C=O) groups excluding carboxylic acids is 1. The van der Waals surface area contributed by atoms with Gasteiger partial charge in [-0.3, -0.25) is 4.79 Å². The third-order valence-corrected chi connectivity index (χ3v) is 4.87. The van der Waals surface area contributed by atoms with Crippen molar-refractivity contribution in [1.29, 1.82) is 0 Å². The van der Waals surface area contributed by atoms with Gasteiger partial charge in [-0.2, -0.15) is 4.31 Å². The van der Waals surface area contributed by atoms with Crippen molar-refractivity contribution in [2.24, 2.45) is 0 Å². The van der Waals surface area contributed by atoms with Gasteiger partial charge in [-0.25, -0.2) is 8.42 Å². The van der Waals surface area contributed by atoms with Crippen LogP contribution in [0.3, 0.4) is 0 Å². The summed E-state index contributed by atoms with van der Waals surface area (Å²) in [5, 5.41) is 3.27. The Morgan fingerprint density at radius 2 is 1.65 bits per heavy atom.